The molecule has 0 aliphatic heterocycles. The molecule has 0 saturated heterocycles. The first-order valence-electron chi connectivity index (χ1n) is 9.97. The molecule has 0 radical (unpaired) electrons. The van der Waals surface area contributed by atoms with Crippen molar-refractivity contribution in [3.05, 3.63) is 48.9 Å². The minimum absolute atomic E-state index is 0.121. The van der Waals surface area contributed by atoms with Crippen LogP contribution in [0.2, 0.25) is 0 Å². The number of nitrogens with one attached hydrogen (secondary N) is 2. The Hall–Kier alpha value is -4.54. The SMILES string of the molecule is COc1cc2ncnc(-c3cn(C)nc3-c3ccccc3)c2nc1NC(=O)[C@H](C)NC(=O)O. The van der Waals surface area contributed by atoms with Crippen LogP contribution in [-0.2, 0) is 11.8 Å². The molecule has 0 aliphatic carbocycles. The van der Waals surface area contributed by atoms with Gasteiger partial charge < -0.3 is 20.5 Å². The summed E-state index contributed by atoms with van der Waals surface area (Å²) in [7, 11) is 3.26. The van der Waals surface area contributed by atoms with Gasteiger partial charge in [0.25, 0.3) is 0 Å². The Labute approximate surface area is 188 Å². The highest BCUT2D eigenvalue weighted by atomic mass is 16.5. The number of aryl methyl sites for hydroxylation is 1. The van der Waals surface area contributed by atoms with E-state index in [2.05, 4.69) is 30.7 Å². The number of carbonyl (C=O) groups is 2. The van der Waals surface area contributed by atoms with Gasteiger partial charge >= 0.3 is 6.09 Å². The van der Waals surface area contributed by atoms with Gasteiger partial charge in [0.05, 0.1) is 12.6 Å². The van der Waals surface area contributed by atoms with E-state index in [4.69, 9.17) is 9.84 Å². The second-order valence-corrected chi connectivity index (χ2v) is 7.22. The highest BCUT2D eigenvalue weighted by molar-refractivity contribution is 5.99. The molecule has 168 valence electrons. The zero-order valence-corrected chi connectivity index (χ0v) is 18.1. The fraction of sp³-hybridized carbons (Fsp3) is 0.182. The van der Waals surface area contributed by atoms with Gasteiger partial charge in [-0.25, -0.2) is 19.7 Å². The highest BCUT2D eigenvalue weighted by Crippen LogP contribution is 2.35. The van der Waals surface area contributed by atoms with Crippen molar-refractivity contribution in [1.82, 2.24) is 30.0 Å². The maximum absolute atomic E-state index is 12.5. The van der Waals surface area contributed by atoms with Gasteiger partial charge in [0.15, 0.2) is 11.6 Å². The molecule has 0 spiro atoms. The molecule has 11 heteroatoms. The smallest absolute Gasteiger partial charge is 0.405 e. The molecule has 11 nitrogen and oxygen atoms in total. The number of hydrogen-bond donors (Lipinski definition) is 3. The normalized spacial score (nSPS) is 11.7. The first-order chi connectivity index (χ1) is 15.9. The summed E-state index contributed by atoms with van der Waals surface area (Å²) in [4.78, 5) is 36.7. The lowest BCUT2D eigenvalue weighted by Gasteiger charge is -2.15. The number of rotatable bonds is 6. The molecule has 3 heterocycles. The lowest BCUT2D eigenvalue weighted by Crippen LogP contribution is -2.41. The molecule has 1 aromatic carbocycles. The predicted molar refractivity (Wildman–Crippen MR) is 121 cm³/mol. The van der Waals surface area contributed by atoms with Crippen molar-refractivity contribution in [3.63, 3.8) is 0 Å². The van der Waals surface area contributed by atoms with Crippen molar-refractivity contribution >= 4 is 28.9 Å². The van der Waals surface area contributed by atoms with E-state index in [0.717, 1.165) is 16.8 Å². The number of benzene rings is 1. The van der Waals surface area contributed by atoms with Crippen LogP contribution < -0.4 is 15.4 Å². The van der Waals surface area contributed by atoms with E-state index in [-0.39, 0.29) is 11.6 Å². The third-order valence-electron chi connectivity index (χ3n) is 4.90. The van der Waals surface area contributed by atoms with Crippen molar-refractivity contribution in [2.75, 3.05) is 12.4 Å². The molecule has 33 heavy (non-hydrogen) atoms. The number of hydrogen-bond acceptors (Lipinski definition) is 7. The van der Waals surface area contributed by atoms with Crippen LogP contribution in [0.3, 0.4) is 0 Å². The first-order valence-corrected chi connectivity index (χ1v) is 9.97. The summed E-state index contributed by atoms with van der Waals surface area (Å²) in [6.45, 7) is 1.42. The standard InChI is InChI=1S/C22H21N7O4/c1-12(25-22(31)32)21(30)27-20-16(33-3)9-15-19(26-20)18(24-11-23-15)14-10-29(2)28-17(14)13-7-5-4-6-8-13/h4-12,25H,1-3H3,(H,31,32)(H,26,27,30)/t12-/m0/s1. The lowest BCUT2D eigenvalue weighted by atomic mass is 10.0. The summed E-state index contributed by atoms with van der Waals surface area (Å²) in [5.74, 6) is -0.194. The molecule has 0 bridgehead atoms. The number of methoxy groups -OCH3 is 1. The van der Waals surface area contributed by atoms with Gasteiger partial charge in [0.2, 0.25) is 5.91 Å². The van der Waals surface area contributed by atoms with Crippen LogP contribution in [0.1, 0.15) is 6.92 Å². The van der Waals surface area contributed by atoms with Crippen molar-refractivity contribution in [2.24, 2.45) is 7.05 Å². The van der Waals surface area contributed by atoms with Crippen LogP contribution in [0.4, 0.5) is 10.6 Å². The number of anilines is 1. The van der Waals surface area contributed by atoms with E-state index in [0.29, 0.717) is 16.7 Å². The van der Waals surface area contributed by atoms with E-state index in [1.165, 1.54) is 20.4 Å². The third kappa shape index (κ3) is 4.42. The Kier molecular flexibility index (Phi) is 5.85. The summed E-state index contributed by atoms with van der Waals surface area (Å²) < 4.78 is 7.06. The average molecular weight is 447 g/mol. The molecule has 0 aliphatic rings. The Morgan fingerprint density at radius 1 is 1.15 bits per heavy atom. The summed E-state index contributed by atoms with van der Waals surface area (Å²) >= 11 is 0. The monoisotopic (exact) mass is 447 g/mol. The van der Waals surface area contributed by atoms with E-state index in [1.807, 2.05) is 43.6 Å². The molecule has 4 aromatic rings. The highest BCUT2D eigenvalue weighted by Gasteiger charge is 2.21. The summed E-state index contributed by atoms with van der Waals surface area (Å²) in [6.07, 6.45) is 1.96. The van der Waals surface area contributed by atoms with Crippen LogP contribution in [0.5, 0.6) is 5.75 Å². The van der Waals surface area contributed by atoms with E-state index < -0.39 is 18.0 Å². The molecule has 0 fully saturated rings. The topological polar surface area (TPSA) is 144 Å². The molecule has 3 aromatic heterocycles. The van der Waals surface area contributed by atoms with Crippen molar-refractivity contribution < 1.29 is 19.4 Å². The van der Waals surface area contributed by atoms with Gasteiger partial charge in [-0.1, -0.05) is 30.3 Å². The molecule has 0 saturated carbocycles. The molecular weight excluding hydrogens is 426 g/mol. The molecular formula is C22H21N7O4. The number of fused-ring (bicyclic) bond motifs is 1. The minimum atomic E-state index is -1.31. The van der Waals surface area contributed by atoms with Crippen LogP contribution in [-0.4, -0.2) is 55.0 Å². The lowest BCUT2D eigenvalue weighted by molar-refractivity contribution is -0.117. The van der Waals surface area contributed by atoms with Crippen LogP contribution in [0.15, 0.2) is 48.9 Å². The zero-order chi connectivity index (χ0) is 23.5. The largest absolute Gasteiger partial charge is 0.493 e. The second kappa shape index (κ2) is 8.91. The molecule has 3 N–H and O–H groups in total. The number of carbonyl (C=O) groups excluding carboxylic acids is 1. The van der Waals surface area contributed by atoms with Crippen molar-refractivity contribution in [2.45, 2.75) is 13.0 Å². The van der Waals surface area contributed by atoms with Crippen LogP contribution >= 0.6 is 0 Å². The van der Waals surface area contributed by atoms with Gasteiger partial charge in [-0.2, -0.15) is 5.10 Å². The maximum Gasteiger partial charge on any atom is 0.405 e. The Morgan fingerprint density at radius 3 is 2.61 bits per heavy atom. The number of amides is 2. The summed E-state index contributed by atoms with van der Waals surface area (Å²) in [5.41, 5.74) is 3.84. The molecule has 2 amide bonds. The summed E-state index contributed by atoms with van der Waals surface area (Å²) in [6, 6.07) is 10.3. The quantitative estimate of drug-likeness (QED) is 0.409. The van der Waals surface area contributed by atoms with Gasteiger partial charge in [-0.3, -0.25) is 9.48 Å². The number of pyridine rings is 1. The molecule has 4 rings (SSSR count). The summed E-state index contributed by atoms with van der Waals surface area (Å²) in [5, 5.41) is 18.2. The van der Waals surface area contributed by atoms with Gasteiger partial charge in [-0.15, -0.1) is 0 Å². The Morgan fingerprint density at radius 2 is 1.91 bits per heavy atom. The van der Waals surface area contributed by atoms with Gasteiger partial charge in [0.1, 0.15) is 29.3 Å². The van der Waals surface area contributed by atoms with E-state index >= 15 is 0 Å². The minimum Gasteiger partial charge on any atom is -0.493 e. The molecule has 1 atom stereocenters. The fourth-order valence-electron chi connectivity index (χ4n) is 3.36. The number of aromatic nitrogens is 5. The van der Waals surface area contributed by atoms with E-state index in [9.17, 15) is 9.59 Å². The maximum atomic E-state index is 12.5. The second-order valence-electron chi connectivity index (χ2n) is 7.22. The van der Waals surface area contributed by atoms with Gasteiger partial charge in [-0.05, 0) is 6.92 Å². The predicted octanol–water partition coefficient (Wildman–Crippen LogP) is 2.70. The number of nitrogens with zero attached hydrogens (tertiary/aromatic N) is 5. The van der Waals surface area contributed by atoms with E-state index in [1.54, 1.807) is 10.7 Å². The fourth-order valence-corrected chi connectivity index (χ4v) is 3.36. The Balaban J connectivity index is 1.83. The number of carboxylic acid groups (broad SMARTS) is 1. The Bertz CT molecular complexity index is 1340. The van der Waals surface area contributed by atoms with Crippen molar-refractivity contribution in [3.8, 4) is 28.3 Å². The van der Waals surface area contributed by atoms with Crippen molar-refractivity contribution in [1.29, 1.82) is 0 Å². The van der Waals surface area contributed by atoms with Crippen LogP contribution in [0.25, 0.3) is 33.5 Å². The van der Waals surface area contributed by atoms with Crippen LogP contribution in [0, 0.1) is 0 Å². The first kappa shape index (κ1) is 21.7. The molecule has 0 unspecified atom stereocenters. The third-order valence-corrected chi connectivity index (χ3v) is 4.90. The number of ether oxygens (including phenoxy) is 1. The zero-order valence-electron chi connectivity index (χ0n) is 18.1. The van der Waals surface area contributed by atoms with Gasteiger partial charge in [0, 0.05) is 30.4 Å². The average Bonchev–Trinajstić information content (AvgIpc) is 3.19.